The molecule has 0 bridgehead atoms. The lowest BCUT2D eigenvalue weighted by Crippen LogP contribution is -2.14. The molecule has 0 aliphatic heterocycles. The summed E-state index contributed by atoms with van der Waals surface area (Å²) in [5.41, 5.74) is 2.13. The third kappa shape index (κ3) is 3.48. The van der Waals surface area contributed by atoms with Crippen LogP contribution in [0.4, 0.5) is 10.1 Å². The number of thioether (sulfide) groups is 1. The smallest absolute Gasteiger partial charge is 0.234 e. The Labute approximate surface area is 136 Å². The zero-order chi connectivity index (χ0) is 16.4. The second kappa shape index (κ2) is 6.33. The molecule has 8 heteroatoms. The highest BCUT2D eigenvalue weighted by Crippen LogP contribution is 2.19. The second-order valence-corrected chi connectivity index (χ2v) is 5.91. The number of amides is 1. The number of rotatable bonds is 4. The Hall–Kier alpha value is -2.48. The maximum absolute atomic E-state index is 12.8. The Balaban J connectivity index is 1.68. The lowest BCUT2D eigenvalue weighted by atomic mass is 10.3. The van der Waals surface area contributed by atoms with Crippen LogP contribution >= 0.6 is 11.8 Å². The van der Waals surface area contributed by atoms with Gasteiger partial charge in [-0.2, -0.15) is 0 Å². The minimum atomic E-state index is -0.342. The van der Waals surface area contributed by atoms with Crippen LogP contribution in [0.1, 0.15) is 11.5 Å². The molecule has 0 aliphatic rings. The van der Waals surface area contributed by atoms with Crippen molar-refractivity contribution in [2.75, 3.05) is 11.1 Å². The number of nitrogens with one attached hydrogen (secondary N) is 1. The first-order valence-corrected chi connectivity index (χ1v) is 7.89. The quantitative estimate of drug-likeness (QED) is 0.744. The summed E-state index contributed by atoms with van der Waals surface area (Å²) in [6.45, 7) is 3.76. The Morgan fingerprint density at radius 1 is 1.26 bits per heavy atom. The summed E-state index contributed by atoms with van der Waals surface area (Å²) in [4.78, 5) is 16.3. The number of nitrogens with zero attached hydrogens (tertiary/aromatic N) is 4. The highest BCUT2D eigenvalue weighted by molar-refractivity contribution is 7.99. The third-order valence-electron chi connectivity index (χ3n) is 3.12. The van der Waals surface area contributed by atoms with Gasteiger partial charge in [-0.1, -0.05) is 11.8 Å². The van der Waals surface area contributed by atoms with E-state index in [1.54, 1.807) is 0 Å². The number of aromatic nitrogens is 4. The van der Waals surface area contributed by atoms with Crippen molar-refractivity contribution in [3.8, 4) is 0 Å². The Bertz CT molecular complexity index is 862. The summed E-state index contributed by atoms with van der Waals surface area (Å²) in [6.07, 6.45) is 0. The first-order valence-electron chi connectivity index (χ1n) is 6.90. The number of hydrogen-bond donors (Lipinski definition) is 1. The van der Waals surface area contributed by atoms with E-state index >= 15 is 0 Å². The molecule has 1 amide bonds. The molecule has 0 saturated heterocycles. The normalized spacial score (nSPS) is 10.9. The molecule has 0 saturated carbocycles. The van der Waals surface area contributed by atoms with E-state index in [0.29, 0.717) is 16.5 Å². The van der Waals surface area contributed by atoms with Gasteiger partial charge in [0.1, 0.15) is 11.6 Å². The van der Waals surface area contributed by atoms with Crippen LogP contribution in [0.25, 0.3) is 5.65 Å². The van der Waals surface area contributed by atoms with Crippen LogP contribution in [-0.2, 0) is 4.79 Å². The van der Waals surface area contributed by atoms with Crippen LogP contribution in [-0.4, -0.2) is 31.2 Å². The largest absolute Gasteiger partial charge is 0.325 e. The maximum Gasteiger partial charge on any atom is 0.234 e. The van der Waals surface area contributed by atoms with Crippen LogP contribution < -0.4 is 5.32 Å². The lowest BCUT2D eigenvalue weighted by Gasteiger charge is -2.05. The van der Waals surface area contributed by atoms with Crippen LogP contribution in [0.5, 0.6) is 0 Å². The number of hydrogen-bond acceptors (Lipinski definition) is 5. The fourth-order valence-electron chi connectivity index (χ4n) is 2.16. The number of fused-ring (bicyclic) bond motifs is 1. The van der Waals surface area contributed by atoms with Crippen LogP contribution in [0.15, 0.2) is 35.5 Å². The second-order valence-electron chi connectivity index (χ2n) is 4.96. The van der Waals surface area contributed by atoms with E-state index < -0.39 is 0 Å². The highest BCUT2D eigenvalue weighted by atomic mass is 32.2. The van der Waals surface area contributed by atoms with Crippen molar-refractivity contribution in [1.82, 2.24) is 19.6 Å². The molecule has 3 aromatic rings. The summed E-state index contributed by atoms with van der Waals surface area (Å²) in [7, 11) is 0. The molecule has 2 aromatic heterocycles. The minimum absolute atomic E-state index is 0.172. The van der Waals surface area contributed by atoms with Crippen molar-refractivity contribution in [2.45, 2.75) is 19.0 Å². The molecule has 1 aromatic carbocycles. The van der Waals surface area contributed by atoms with Crippen molar-refractivity contribution in [1.29, 1.82) is 0 Å². The molecule has 0 fully saturated rings. The topological polar surface area (TPSA) is 72.2 Å². The first-order chi connectivity index (χ1) is 11.0. The fourth-order valence-corrected chi connectivity index (χ4v) is 2.94. The number of benzene rings is 1. The standard InChI is InChI=1S/C15H14FN5OS/c1-9-7-13-19-20-15(21(13)10(2)17-9)23-8-14(22)18-12-5-3-11(16)4-6-12/h3-7H,8H2,1-2H3,(H,18,22). The van der Waals surface area contributed by atoms with Gasteiger partial charge in [0, 0.05) is 17.4 Å². The molecular weight excluding hydrogens is 317 g/mol. The van der Waals surface area contributed by atoms with Gasteiger partial charge < -0.3 is 5.32 Å². The van der Waals surface area contributed by atoms with E-state index in [2.05, 4.69) is 20.5 Å². The molecule has 3 rings (SSSR count). The van der Waals surface area contributed by atoms with E-state index in [1.807, 2.05) is 24.3 Å². The molecule has 0 aliphatic carbocycles. The Morgan fingerprint density at radius 2 is 2.00 bits per heavy atom. The van der Waals surface area contributed by atoms with Gasteiger partial charge in [-0.25, -0.2) is 9.37 Å². The van der Waals surface area contributed by atoms with Crippen molar-refractivity contribution in [3.63, 3.8) is 0 Å². The average molecular weight is 331 g/mol. The van der Waals surface area contributed by atoms with E-state index in [-0.39, 0.29) is 17.5 Å². The van der Waals surface area contributed by atoms with E-state index in [4.69, 9.17) is 0 Å². The minimum Gasteiger partial charge on any atom is -0.325 e. The molecule has 23 heavy (non-hydrogen) atoms. The van der Waals surface area contributed by atoms with Gasteiger partial charge in [-0.3, -0.25) is 9.20 Å². The summed E-state index contributed by atoms with van der Waals surface area (Å²) in [6, 6.07) is 7.46. The van der Waals surface area contributed by atoms with Gasteiger partial charge in [-0.05, 0) is 38.1 Å². The zero-order valence-corrected chi connectivity index (χ0v) is 13.4. The van der Waals surface area contributed by atoms with E-state index in [1.165, 1.54) is 36.0 Å². The van der Waals surface area contributed by atoms with Gasteiger partial charge in [0.2, 0.25) is 5.91 Å². The highest BCUT2D eigenvalue weighted by Gasteiger charge is 2.12. The number of halogens is 1. The number of aryl methyl sites for hydroxylation is 2. The van der Waals surface area contributed by atoms with E-state index in [9.17, 15) is 9.18 Å². The van der Waals surface area contributed by atoms with Crippen molar-refractivity contribution in [2.24, 2.45) is 0 Å². The number of carbonyl (C=O) groups is 1. The average Bonchev–Trinajstić information content (AvgIpc) is 2.91. The third-order valence-corrected chi connectivity index (χ3v) is 4.05. The van der Waals surface area contributed by atoms with Gasteiger partial charge >= 0.3 is 0 Å². The van der Waals surface area contributed by atoms with Crippen molar-refractivity contribution in [3.05, 3.63) is 47.7 Å². The lowest BCUT2D eigenvalue weighted by molar-refractivity contribution is -0.113. The molecule has 6 nitrogen and oxygen atoms in total. The van der Waals surface area contributed by atoms with E-state index in [0.717, 1.165) is 11.5 Å². The first kappa shape index (κ1) is 15.4. The van der Waals surface area contributed by atoms with Crippen LogP contribution in [0.2, 0.25) is 0 Å². The SMILES string of the molecule is Cc1cc2nnc(SCC(=O)Nc3ccc(F)cc3)n2c(C)n1. The van der Waals surface area contributed by atoms with Gasteiger partial charge in [0.05, 0.1) is 5.75 Å². The summed E-state index contributed by atoms with van der Waals surface area (Å²) in [5.74, 6) is 0.402. The molecule has 1 N–H and O–H groups in total. The summed E-state index contributed by atoms with van der Waals surface area (Å²) >= 11 is 1.27. The predicted octanol–water partition coefficient (Wildman–Crippen LogP) is 2.61. The monoisotopic (exact) mass is 331 g/mol. The molecule has 2 heterocycles. The number of carbonyl (C=O) groups excluding carboxylic acids is 1. The molecule has 0 atom stereocenters. The maximum atomic E-state index is 12.8. The molecule has 0 unspecified atom stereocenters. The Morgan fingerprint density at radius 3 is 2.74 bits per heavy atom. The van der Waals surface area contributed by atoms with Crippen molar-refractivity contribution >= 4 is 29.0 Å². The van der Waals surface area contributed by atoms with Crippen molar-refractivity contribution < 1.29 is 9.18 Å². The summed E-state index contributed by atoms with van der Waals surface area (Å²) in [5, 5.41) is 11.5. The fraction of sp³-hybridized carbons (Fsp3) is 0.200. The van der Waals surface area contributed by atoms with Gasteiger partial charge in [-0.15, -0.1) is 10.2 Å². The summed E-state index contributed by atoms with van der Waals surface area (Å²) < 4.78 is 14.6. The number of anilines is 1. The molecular formula is C15H14FN5OS. The van der Waals surface area contributed by atoms with Crippen LogP contribution in [0, 0.1) is 19.7 Å². The molecule has 118 valence electrons. The zero-order valence-electron chi connectivity index (χ0n) is 12.6. The Kier molecular flexibility index (Phi) is 4.24. The predicted molar refractivity (Wildman–Crippen MR) is 86.0 cm³/mol. The van der Waals surface area contributed by atoms with Gasteiger partial charge in [0.25, 0.3) is 0 Å². The van der Waals surface area contributed by atoms with Crippen LogP contribution in [0.3, 0.4) is 0 Å². The molecule has 0 radical (unpaired) electrons. The van der Waals surface area contributed by atoms with Gasteiger partial charge in [0.15, 0.2) is 10.8 Å². The molecule has 0 spiro atoms.